The summed E-state index contributed by atoms with van der Waals surface area (Å²) in [5.74, 6) is 0.343. The summed E-state index contributed by atoms with van der Waals surface area (Å²) in [5, 5.41) is 13.7. The third-order valence-corrected chi connectivity index (χ3v) is 2.88. The van der Waals surface area contributed by atoms with Gasteiger partial charge in [0.1, 0.15) is 11.5 Å². The quantitative estimate of drug-likeness (QED) is 0.636. The van der Waals surface area contributed by atoms with Crippen molar-refractivity contribution in [1.29, 1.82) is 0 Å². The van der Waals surface area contributed by atoms with Crippen molar-refractivity contribution in [2.24, 2.45) is 5.10 Å². The normalized spacial score (nSPS) is 10.6. The Morgan fingerprint density at radius 2 is 2.05 bits per heavy atom. The maximum absolute atomic E-state index is 11.8. The van der Waals surface area contributed by atoms with E-state index in [9.17, 15) is 9.90 Å². The zero-order chi connectivity index (χ0) is 15.8. The minimum atomic E-state index is -0.306. The van der Waals surface area contributed by atoms with Crippen LogP contribution >= 0.6 is 0 Å². The fourth-order valence-corrected chi connectivity index (χ4v) is 1.76. The molecule has 0 fully saturated rings. The molecule has 0 spiro atoms. The van der Waals surface area contributed by atoms with Crippen LogP contribution in [0.15, 0.2) is 53.6 Å². The second-order valence-corrected chi connectivity index (χ2v) is 4.63. The average molecular weight is 298 g/mol. The molecule has 0 saturated carbocycles. The summed E-state index contributed by atoms with van der Waals surface area (Å²) in [6.45, 7) is 2.61. The Morgan fingerprint density at radius 1 is 1.27 bits per heavy atom. The molecule has 0 aliphatic rings. The first-order valence-corrected chi connectivity index (χ1v) is 7.05. The molecule has 0 aliphatic carbocycles. The highest BCUT2D eigenvalue weighted by molar-refractivity contribution is 5.95. The molecule has 5 nitrogen and oxygen atoms in total. The van der Waals surface area contributed by atoms with Crippen molar-refractivity contribution in [2.75, 3.05) is 6.61 Å². The number of nitrogens with one attached hydrogen (secondary N) is 1. The number of hydrazone groups is 1. The van der Waals surface area contributed by atoms with E-state index >= 15 is 0 Å². The van der Waals surface area contributed by atoms with E-state index in [2.05, 4.69) is 10.5 Å². The van der Waals surface area contributed by atoms with E-state index in [0.717, 1.165) is 6.42 Å². The lowest BCUT2D eigenvalue weighted by atomic mass is 10.2. The number of hydrogen-bond acceptors (Lipinski definition) is 4. The number of benzene rings is 2. The highest BCUT2D eigenvalue weighted by Gasteiger charge is 2.03. The summed E-state index contributed by atoms with van der Waals surface area (Å²) in [4.78, 5) is 11.8. The van der Waals surface area contributed by atoms with Gasteiger partial charge in [0.15, 0.2) is 0 Å². The van der Waals surface area contributed by atoms with Crippen molar-refractivity contribution < 1.29 is 14.6 Å². The monoisotopic (exact) mass is 298 g/mol. The predicted octanol–water partition coefficient (Wildman–Crippen LogP) is 2.94. The lowest BCUT2D eigenvalue weighted by Gasteiger charge is -2.06. The molecule has 0 bridgehead atoms. The lowest BCUT2D eigenvalue weighted by Crippen LogP contribution is -2.17. The second kappa shape index (κ2) is 7.83. The van der Waals surface area contributed by atoms with Gasteiger partial charge in [-0.15, -0.1) is 0 Å². The number of nitrogens with zero attached hydrogens (tertiary/aromatic N) is 1. The fourth-order valence-electron chi connectivity index (χ4n) is 1.76. The highest BCUT2D eigenvalue weighted by atomic mass is 16.5. The molecule has 114 valence electrons. The number of aromatic hydroxyl groups is 1. The van der Waals surface area contributed by atoms with Gasteiger partial charge in [-0.1, -0.05) is 25.1 Å². The van der Waals surface area contributed by atoms with Crippen molar-refractivity contribution >= 4 is 12.1 Å². The van der Waals surface area contributed by atoms with E-state index in [4.69, 9.17) is 4.74 Å². The van der Waals surface area contributed by atoms with E-state index in [0.29, 0.717) is 23.5 Å². The van der Waals surface area contributed by atoms with Gasteiger partial charge in [0, 0.05) is 17.2 Å². The Bertz CT molecular complexity index is 654. The van der Waals surface area contributed by atoms with E-state index in [1.54, 1.807) is 36.4 Å². The van der Waals surface area contributed by atoms with Crippen LogP contribution in [0, 0.1) is 0 Å². The Balaban J connectivity index is 1.97. The molecule has 22 heavy (non-hydrogen) atoms. The molecule has 0 unspecified atom stereocenters. The topological polar surface area (TPSA) is 70.9 Å². The lowest BCUT2D eigenvalue weighted by molar-refractivity contribution is 0.0955. The molecule has 0 radical (unpaired) electrons. The van der Waals surface area contributed by atoms with Gasteiger partial charge in [0.05, 0.1) is 12.8 Å². The number of amides is 1. The van der Waals surface area contributed by atoms with Gasteiger partial charge in [-0.25, -0.2) is 5.43 Å². The van der Waals surface area contributed by atoms with Gasteiger partial charge in [0.2, 0.25) is 0 Å². The molecule has 0 aromatic heterocycles. The summed E-state index contributed by atoms with van der Waals surface area (Å²) >= 11 is 0. The highest BCUT2D eigenvalue weighted by Crippen LogP contribution is 2.22. The summed E-state index contributed by atoms with van der Waals surface area (Å²) in [5.41, 5.74) is 3.43. The maximum Gasteiger partial charge on any atom is 0.271 e. The summed E-state index contributed by atoms with van der Waals surface area (Å²) < 4.78 is 5.42. The van der Waals surface area contributed by atoms with Crippen LogP contribution in [-0.2, 0) is 0 Å². The standard InChI is InChI=1S/C17H18N2O3/c1-2-10-22-15-9-8-14(16(20)11-15)12-18-19-17(21)13-6-4-3-5-7-13/h3-9,11-12,20H,2,10H2,1H3,(H,19,21)/b18-12+. The fraction of sp³-hybridized carbons (Fsp3) is 0.176. The van der Waals surface area contributed by atoms with Gasteiger partial charge in [0.25, 0.3) is 5.91 Å². The zero-order valence-electron chi connectivity index (χ0n) is 12.3. The van der Waals surface area contributed by atoms with Crippen LogP contribution in [0.4, 0.5) is 0 Å². The number of ether oxygens (including phenoxy) is 1. The van der Waals surface area contributed by atoms with Crippen LogP contribution in [0.2, 0.25) is 0 Å². The number of rotatable bonds is 6. The number of hydrogen-bond donors (Lipinski definition) is 2. The minimum absolute atomic E-state index is 0.0475. The molecule has 0 saturated heterocycles. The van der Waals surface area contributed by atoms with Crippen LogP contribution in [0.3, 0.4) is 0 Å². The number of phenols is 1. The van der Waals surface area contributed by atoms with Crippen molar-refractivity contribution in [3.63, 3.8) is 0 Å². The van der Waals surface area contributed by atoms with Crippen molar-refractivity contribution in [3.05, 3.63) is 59.7 Å². The van der Waals surface area contributed by atoms with Crippen LogP contribution in [0.1, 0.15) is 29.3 Å². The third kappa shape index (κ3) is 4.34. The smallest absolute Gasteiger partial charge is 0.271 e. The first-order valence-electron chi connectivity index (χ1n) is 7.05. The van der Waals surface area contributed by atoms with E-state index in [1.807, 2.05) is 13.0 Å². The summed E-state index contributed by atoms with van der Waals surface area (Å²) in [6.07, 6.45) is 2.29. The Labute approximate surface area is 129 Å². The van der Waals surface area contributed by atoms with Gasteiger partial charge >= 0.3 is 0 Å². The second-order valence-electron chi connectivity index (χ2n) is 4.63. The molecule has 2 aromatic carbocycles. The van der Waals surface area contributed by atoms with Crippen LogP contribution in [0.25, 0.3) is 0 Å². The first kappa shape index (κ1) is 15.6. The van der Waals surface area contributed by atoms with Gasteiger partial charge in [-0.3, -0.25) is 4.79 Å². The molecular weight excluding hydrogens is 280 g/mol. The average Bonchev–Trinajstić information content (AvgIpc) is 2.55. The molecule has 0 heterocycles. The van der Waals surface area contributed by atoms with Crippen molar-refractivity contribution in [1.82, 2.24) is 5.43 Å². The van der Waals surface area contributed by atoms with Crippen molar-refractivity contribution in [3.8, 4) is 11.5 Å². The van der Waals surface area contributed by atoms with E-state index < -0.39 is 0 Å². The summed E-state index contributed by atoms with van der Waals surface area (Å²) in [6, 6.07) is 13.7. The zero-order valence-corrected chi connectivity index (χ0v) is 12.3. The molecular formula is C17H18N2O3. The number of carbonyl (C=O) groups is 1. The molecule has 2 N–H and O–H groups in total. The van der Waals surface area contributed by atoms with E-state index in [1.165, 1.54) is 12.3 Å². The van der Waals surface area contributed by atoms with E-state index in [-0.39, 0.29) is 11.7 Å². The first-order chi connectivity index (χ1) is 10.7. The number of phenolic OH excluding ortho intramolecular Hbond substituents is 1. The largest absolute Gasteiger partial charge is 0.507 e. The SMILES string of the molecule is CCCOc1ccc(/C=N/NC(=O)c2ccccc2)c(O)c1. The molecule has 0 aliphatic heterocycles. The molecule has 1 amide bonds. The van der Waals surface area contributed by atoms with Gasteiger partial charge < -0.3 is 9.84 Å². The van der Waals surface area contributed by atoms with Crippen LogP contribution in [0.5, 0.6) is 11.5 Å². The van der Waals surface area contributed by atoms with Crippen molar-refractivity contribution in [2.45, 2.75) is 13.3 Å². The predicted molar refractivity (Wildman–Crippen MR) is 85.4 cm³/mol. The summed E-state index contributed by atoms with van der Waals surface area (Å²) in [7, 11) is 0. The molecule has 2 aromatic rings. The Morgan fingerprint density at radius 3 is 2.73 bits per heavy atom. The molecule has 2 rings (SSSR count). The Hall–Kier alpha value is -2.82. The minimum Gasteiger partial charge on any atom is -0.507 e. The number of carbonyl (C=O) groups excluding carboxylic acids is 1. The molecule has 0 atom stereocenters. The van der Waals surface area contributed by atoms with Gasteiger partial charge in [-0.2, -0.15) is 5.10 Å². The van der Waals surface area contributed by atoms with Gasteiger partial charge in [-0.05, 0) is 30.7 Å². The van der Waals surface area contributed by atoms with Crippen LogP contribution < -0.4 is 10.2 Å². The maximum atomic E-state index is 11.8. The Kier molecular flexibility index (Phi) is 5.54. The van der Waals surface area contributed by atoms with Crippen LogP contribution in [-0.4, -0.2) is 23.8 Å². The molecule has 5 heteroatoms. The third-order valence-electron chi connectivity index (χ3n) is 2.88.